The molecule has 0 saturated carbocycles. The predicted octanol–water partition coefficient (Wildman–Crippen LogP) is 2.42. The molecule has 5 heteroatoms. The van der Waals surface area contributed by atoms with E-state index in [1.54, 1.807) is 0 Å². The molecule has 5 nitrogen and oxygen atoms in total. The van der Waals surface area contributed by atoms with Crippen molar-refractivity contribution >= 4 is 11.5 Å². The minimum Gasteiger partial charge on any atom is -0.490 e. The van der Waals surface area contributed by atoms with Gasteiger partial charge in [0.2, 0.25) is 0 Å². The second-order valence-electron chi connectivity index (χ2n) is 4.46. The fraction of sp³-hybridized carbons (Fsp3) is 0.333. The first kappa shape index (κ1) is 14.1. The number of nitrogen functional groups attached to an aromatic ring is 1. The first-order chi connectivity index (χ1) is 9.69. The van der Waals surface area contributed by atoms with Gasteiger partial charge in [-0.25, -0.2) is 9.97 Å². The quantitative estimate of drug-likeness (QED) is 0.624. The van der Waals surface area contributed by atoms with Crippen LogP contribution < -0.4 is 15.8 Å². The van der Waals surface area contributed by atoms with E-state index < -0.39 is 0 Å². The number of hydrogen-bond acceptors (Lipinski definition) is 5. The van der Waals surface area contributed by atoms with Crippen molar-refractivity contribution in [3.8, 4) is 5.75 Å². The maximum Gasteiger partial charge on any atom is 0.142 e. The lowest BCUT2D eigenvalue weighted by atomic mass is 10.3. The van der Waals surface area contributed by atoms with Crippen LogP contribution in [0.5, 0.6) is 5.75 Å². The Hall–Kier alpha value is -2.30. The minimum absolute atomic E-state index is 0.527. The number of para-hydroxylation sites is 2. The molecular formula is C15H20N4O. The SMILES string of the molecule is CCc1cc(NCCOc2ccccc2N)nc(C)n1. The Bertz CT molecular complexity index is 572. The van der Waals surface area contributed by atoms with Crippen LogP contribution in [0, 0.1) is 6.92 Å². The standard InChI is InChI=1S/C15H20N4O/c1-3-12-10-15(19-11(2)18-12)17-8-9-20-14-7-5-4-6-13(14)16/h4-7,10H,3,8-9,16H2,1-2H3,(H,17,18,19). The van der Waals surface area contributed by atoms with Crippen LogP contribution in [0.15, 0.2) is 30.3 Å². The molecule has 0 aliphatic carbocycles. The van der Waals surface area contributed by atoms with Gasteiger partial charge in [-0.2, -0.15) is 0 Å². The van der Waals surface area contributed by atoms with Crippen molar-refractivity contribution in [2.45, 2.75) is 20.3 Å². The number of nitrogens with one attached hydrogen (secondary N) is 1. The number of nitrogens with zero attached hydrogens (tertiary/aromatic N) is 2. The second-order valence-corrected chi connectivity index (χ2v) is 4.46. The Morgan fingerprint density at radius 1 is 1.25 bits per heavy atom. The van der Waals surface area contributed by atoms with Crippen molar-refractivity contribution in [2.75, 3.05) is 24.2 Å². The fourth-order valence-electron chi connectivity index (χ4n) is 1.85. The van der Waals surface area contributed by atoms with E-state index in [1.807, 2.05) is 37.3 Å². The van der Waals surface area contributed by atoms with Gasteiger partial charge in [0, 0.05) is 11.8 Å². The third-order valence-corrected chi connectivity index (χ3v) is 2.84. The third-order valence-electron chi connectivity index (χ3n) is 2.84. The van der Waals surface area contributed by atoms with Crippen LogP contribution in [-0.2, 0) is 6.42 Å². The smallest absolute Gasteiger partial charge is 0.142 e. The molecule has 0 aliphatic heterocycles. The van der Waals surface area contributed by atoms with Gasteiger partial charge in [0.25, 0.3) is 0 Å². The molecule has 2 aromatic rings. The first-order valence-corrected chi connectivity index (χ1v) is 6.74. The fourth-order valence-corrected chi connectivity index (χ4v) is 1.85. The highest BCUT2D eigenvalue weighted by atomic mass is 16.5. The van der Waals surface area contributed by atoms with Gasteiger partial charge in [-0.1, -0.05) is 19.1 Å². The molecular weight excluding hydrogens is 252 g/mol. The van der Waals surface area contributed by atoms with E-state index in [4.69, 9.17) is 10.5 Å². The van der Waals surface area contributed by atoms with E-state index in [2.05, 4.69) is 22.2 Å². The zero-order valence-electron chi connectivity index (χ0n) is 11.9. The third kappa shape index (κ3) is 3.85. The van der Waals surface area contributed by atoms with Gasteiger partial charge in [-0.05, 0) is 25.5 Å². The van der Waals surface area contributed by atoms with Crippen molar-refractivity contribution in [3.63, 3.8) is 0 Å². The topological polar surface area (TPSA) is 73.1 Å². The van der Waals surface area contributed by atoms with Crippen LogP contribution in [0.25, 0.3) is 0 Å². The molecule has 0 atom stereocenters. The molecule has 0 aliphatic rings. The summed E-state index contributed by atoms with van der Waals surface area (Å²) in [7, 11) is 0. The highest BCUT2D eigenvalue weighted by molar-refractivity contribution is 5.51. The summed E-state index contributed by atoms with van der Waals surface area (Å²) in [6.07, 6.45) is 0.898. The second kappa shape index (κ2) is 6.75. The van der Waals surface area contributed by atoms with E-state index in [-0.39, 0.29) is 0 Å². The van der Waals surface area contributed by atoms with Crippen LogP contribution >= 0.6 is 0 Å². The predicted molar refractivity (Wildman–Crippen MR) is 81.0 cm³/mol. The molecule has 20 heavy (non-hydrogen) atoms. The number of aromatic nitrogens is 2. The molecule has 1 aromatic carbocycles. The monoisotopic (exact) mass is 272 g/mol. The van der Waals surface area contributed by atoms with Crippen molar-refractivity contribution in [3.05, 3.63) is 41.9 Å². The minimum atomic E-state index is 0.527. The lowest BCUT2D eigenvalue weighted by molar-refractivity contribution is 0.334. The van der Waals surface area contributed by atoms with E-state index in [0.29, 0.717) is 24.6 Å². The largest absolute Gasteiger partial charge is 0.490 e. The van der Waals surface area contributed by atoms with E-state index in [1.165, 1.54) is 0 Å². The Balaban J connectivity index is 1.84. The number of anilines is 2. The molecule has 0 fully saturated rings. The Morgan fingerprint density at radius 2 is 2.05 bits per heavy atom. The molecule has 0 radical (unpaired) electrons. The molecule has 106 valence electrons. The molecule has 0 amide bonds. The average Bonchev–Trinajstić information content (AvgIpc) is 2.44. The summed E-state index contributed by atoms with van der Waals surface area (Å²) in [6, 6.07) is 9.43. The van der Waals surface area contributed by atoms with Gasteiger partial charge >= 0.3 is 0 Å². The lowest BCUT2D eigenvalue weighted by Gasteiger charge is -2.10. The van der Waals surface area contributed by atoms with Crippen molar-refractivity contribution in [2.24, 2.45) is 0 Å². The molecule has 3 N–H and O–H groups in total. The molecule has 0 spiro atoms. The lowest BCUT2D eigenvalue weighted by Crippen LogP contribution is -2.13. The summed E-state index contributed by atoms with van der Waals surface area (Å²) in [4.78, 5) is 8.68. The molecule has 0 saturated heterocycles. The molecule has 1 aromatic heterocycles. The van der Waals surface area contributed by atoms with E-state index >= 15 is 0 Å². The van der Waals surface area contributed by atoms with Gasteiger partial charge < -0.3 is 15.8 Å². The number of benzene rings is 1. The maximum atomic E-state index is 5.81. The molecule has 0 bridgehead atoms. The number of ether oxygens (including phenoxy) is 1. The molecule has 0 unspecified atom stereocenters. The number of hydrogen-bond donors (Lipinski definition) is 2. The highest BCUT2D eigenvalue weighted by Gasteiger charge is 2.01. The highest BCUT2D eigenvalue weighted by Crippen LogP contribution is 2.19. The van der Waals surface area contributed by atoms with Crippen LogP contribution in [-0.4, -0.2) is 23.1 Å². The Labute approximate surface area is 119 Å². The first-order valence-electron chi connectivity index (χ1n) is 6.74. The molecule has 2 rings (SSSR count). The van der Waals surface area contributed by atoms with Gasteiger partial charge in [0.15, 0.2) is 0 Å². The van der Waals surface area contributed by atoms with E-state index in [0.717, 1.165) is 23.8 Å². The number of rotatable bonds is 6. The summed E-state index contributed by atoms with van der Waals surface area (Å²) < 4.78 is 5.61. The van der Waals surface area contributed by atoms with Crippen LogP contribution in [0.1, 0.15) is 18.4 Å². The Morgan fingerprint density at radius 3 is 2.80 bits per heavy atom. The zero-order valence-corrected chi connectivity index (χ0v) is 11.9. The summed E-state index contributed by atoms with van der Waals surface area (Å²) >= 11 is 0. The zero-order chi connectivity index (χ0) is 14.4. The summed E-state index contributed by atoms with van der Waals surface area (Å²) in [5.41, 5.74) is 7.49. The number of nitrogens with two attached hydrogens (primary N) is 1. The Kier molecular flexibility index (Phi) is 4.76. The molecule has 1 heterocycles. The van der Waals surface area contributed by atoms with E-state index in [9.17, 15) is 0 Å². The van der Waals surface area contributed by atoms with Gasteiger partial charge in [0.05, 0.1) is 12.2 Å². The normalized spacial score (nSPS) is 10.3. The summed E-state index contributed by atoms with van der Waals surface area (Å²) in [5, 5.41) is 3.23. The van der Waals surface area contributed by atoms with Crippen LogP contribution in [0.2, 0.25) is 0 Å². The van der Waals surface area contributed by atoms with Crippen molar-refractivity contribution in [1.82, 2.24) is 9.97 Å². The summed E-state index contributed by atoms with van der Waals surface area (Å²) in [6.45, 7) is 5.16. The van der Waals surface area contributed by atoms with Crippen molar-refractivity contribution in [1.29, 1.82) is 0 Å². The van der Waals surface area contributed by atoms with Gasteiger partial charge in [-0.3, -0.25) is 0 Å². The van der Waals surface area contributed by atoms with Crippen LogP contribution in [0.3, 0.4) is 0 Å². The number of aryl methyl sites for hydroxylation is 2. The van der Waals surface area contributed by atoms with Gasteiger partial charge in [0.1, 0.15) is 24.0 Å². The van der Waals surface area contributed by atoms with Crippen LogP contribution in [0.4, 0.5) is 11.5 Å². The maximum absolute atomic E-state index is 5.81. The average molecular weight is 272 g/mol. The van der Waals surface area contributed by atoms with Gasteiger partial charge in [-0.15, -0.1) is 0 Å². The summed E-state index contributed by atoms with van der Waals surface area (Å²) in [5.74, 6) is 2.32. The van der Waals surface area contributed by atoms with Crippen molar-refractivity contribution < 1.29 is 4.74 Å².